The Balaban J connectivity index is 2.10. The van der Waals surface area contributed by atoms with Gasteiger partial charge >= 0.3 is 12.1 Å². The minimum Gasteiger partial charge on any atom is -0.465 e. The third-order valence-corrected chi connectivity index (χ3v) is 3.80. The molecule has 3 aromatic rings. The number of pyridine rings is 1. The van der Waals surface area contributed by atoms with E-state index in [-0.39, 0.29) is 17.9 Å². The van der Waals surface area contributed by atoms with Crippen LogP contribution in [0.25, 0.3) is 11.4 Å². The largest absolute Gasteiger partial charge is 0.465 e. The molecular weight excluding hydrogens is 366 g/mol. The number of nitrogens with zero attached hydrogens (tertiary/aromatic N) is 3. The van der Waals surface area contributed by atoms with E-state index in [0.29, 0.717) is 11.1 Å². The minimum absolute atomic E-state index is 0.0237. The summed E-state index contributed by atoms with van der Waals surface area (Å²) < 4.78 is 58.8. The van der Waals surface area contributed by atoms with E-state index in [1.54, 1.807) is 12.1 Å². The Morgan fingerprint density at radius 1 is 1.26 bits per heavy atom. The van der Waals surface area contributed by atoms with Crippen molar-refractivity contribution in [2.75, 3.05) is 7.11 Å². The van der Waals surface area contributed by atoms with Crippen LogP contribution in [0.2, 0.25) is 0 Å². The van der Waals surface area contributed by atoms with Gasteiger partial charge in [0.25, 0.3) is 0 Å². The minimum atomic E-state index is -4.64. The predicted molar refractivity (Wildman–Crippen MR) is 87.3 cm³/mol. The van der Waals surface area contributed by atoms with Gasteiger partial charge in [0.1, 0.15) is 11.6 Å². The summed E-state index contributed by atoms with van der Waals surface area (Å²) in [5.74, 6) is -1.42. The smallest absolute Gasteiger partial charge is 0.434 e. The van der Waals surface area contributed by atoms with Gasteiger partial charge in [-0.3, -0.25) is 4.98 Å². The van der Waals surface area contributed by atoms with E-state index in [2.05, 4.69) is 14.7 Å². The first kappa shape index (κ1) is 18.6. The average molecular weight is 379 g/mol. The number of hydrogen-bond acceptors (Lipinski definition) is 4. The Labute approximate surface area is 151 Å². The molecule has 0 unspecified atom stereocenters. The van der Waals surface area contributed by atoms with Crippen LogP contribution in [0, 0.1) is 5.82 Å². The van der Waals surface area contributed by atoms with Crippen LogP contribution in [-0.2, 0) is 17.5 Å². The molecule has 0 aliphatic rings. The van der Waals surface area contributed by atoms with Crippen LogP contribution in [0.3, 0.4) is 0 Å². The highest BCUT2D eigenvalue weighted by Crippen LogP contribution is 2.31. The molecule has 2 heterocycles. The number of alkyl halides is 3. The summed E-state index contributed by atoms with van der Waals surface area (Å²) in [4.78, 5) is 19.5. The molecule has 0 radical (unpaired) electrons. The lowest BCUT2D eigenvalue weighted by Crippen LogP contribution is -2.10. The maximum absolute atomic E-state index is 13.5. The Morgan fingerprint density at radius 3 is 2.67 bits per heavy atom. The summed E-state index contributed by atoms with van der Waals surface area (Å²) in [7, 11) is 1.14. The van der Waals surface area contributed by atoms with Crippen molar-refractivity contribution in [3.8, 4) is 11.4 Å². The molecule has 140 valence electrons. The first-order valence-corrected chi connectivity index (χ1v) is 7.71. The summed E-state index contributed by atoms with van der Waals surface area (Å²) in [6.07, 6.45) is -0.940. The number of methoxy groups -OCH3 is 1. The zero-order valence-electron chi connectivity index (χ0n) is 14.0. The second-order valence-corrected chi connectivity index (χ2v) is 5.61. The number of aromatic nitrogens is 3. The van der Waals surface area contributed by atoms with Gasteiger partial charge in [0, 0.05) is 30.7 Å². The number of imidazole rings is 1. The van der Waals surface area contributed by atoms with E-state index in [1.807, 2.05) is 0 Å². The van der Waals surface area contributed by atoms with Crippen LogP contribution in [-0.4, -0.2) is 27.6 Å². The fraction of sp³-hybridized carbons (Fsp3) is 0.167. The molecule has 0 bridgehead atoms. The normalized spacial score (nSPS) is 11.4. The van der Waals surface area contributed by atoms with Gasteiger partial charge in [-0.15, -0.1) is 0 Å². The zero-order chi connectivity index (χ0) is 19.6. The molecule has 5 nitrogen and oxygen atoms in total. The van der Waals surface area contributed by atoms with Crippen LogP contribution >= 0.6 is 0 Å². The van der Waals surface area contributed by atoms with Gasteiger partial charge in [-0.25, -0.2) is 14.2 Å². The van der Waals surface area contributed by atoms with E-state index in [0.717, 1.165) is 25.4 Å². The maximum Gasteiger partial charge on any atom is 0.434 e. The molecule has 0 fully saturated rings. The standard InChI is InChI=1S/C18H13F4N3O2/c1-27-17(26)14-7-13(19)5-4-12(14)9-25-10-15(18(20,21)22)24-16(25)11-3-2-6-23-8-11/h2-8,10H,9H2,1H3. The van der Waals surface area contributed by atoms with Gasteiger partial charge in [-0.2, -0.15) is 13.2 Å². The van der Waals surface area contributed by atoms with E-state index >= 15 is 0 Å². The molecule has 0 saturated carbocycles. The topological polar surface area (TPSA) is 57.0 Å². The zero-order valence-corrected chi connectivity index (χ0v) is 14.0. The molecule has 27 heavy (non-hydrogen) atoms. The lowest BCUT2D eigenvalue weighted by Gasteiger charge is -2.11. The van der Waals surface area contributed by atoms with Crippen molar-refractivity contribution in [1.29, 1.82) is 0 Å². The highest BCUT2D eigenvalue weighted by molar-refractivity contribution is 5.91. The highest BCUT2D eigenvalue weighted by atomic mass is 19.4. The van der Waals surface area contributed by atoms with Crippen molar-refractivity contribution in [1.82, 2.24) is 14.5 Å². The fourth-order valence-corrected chi connectivity index (χ4v) is 2.57. The van der Waals surface area contributed by atoms with Gasteiger partial charge < -0.3 is 9.30 Å². The number of benzene rings is 1. The monoisotopic (exact) mass is 379 g/mol. The molecule has 3 rings (SSSR count). The van der Waals surface area contributed by atoms with E-state index in [4.69, 9.17) is 0 Å². The molecular formula is C18H13F4N3O2. The van der Waals surface area contributed by atoms with Crippen molar-refractivity contribution in [2.24, 2.45) is 0 Å². The summed E-state index contributed by atoms with van der Waals surface area (Å²) in [6, 6.07) is 6.55. The third kappa shape index (κ3) is 3.97. The van der Waals surface area contributed by atoms with E-state index < -0.39 is 23.7 Å². The van der Waals surface area contributed by atoms with Gasteiger partial charge in [0.15, 0.2) is 5.69 Å². The SMILES string of the molecule is COC(=O)c1cc(F)ccc1Cn1cc(C(F)(F)F)nc1-c1cccnc1. The number of carbonyl (C=O) groups is 1. The third-order valence-electron chi connectivity index (χ3n) is 3.80. The van der Waals surface area contributed by atoms with Gasteiger partial charge in [-0.05, 0) is 29.8 Å². The molecule has 0 aliphatic carbocycles. The Bertz CT molecular complexity index is 968. The molecule has 9 heteroatoms. The van der Waals surface area contributed by atoms with Gasteiger partial charge in [-0.1, -0.05) is 6.07 Å². The second kappa shape index (κ2) is 7.18. The molecule has 0 amide bonds. The van der Waals surface area contributed by atoms with Gasteiger partial charge in [0.2, 0.25) is 0 Å². The number of rotatable bonds is 4. The van der Waals surface area contributed by atoms with Crippen LogP contribution in [0.4, 0.5) is 17.6 Å². The van der Waals surface area contributed by atoms with Crippen LogP contribution in [0.1, 0.15) is 21.6 Å². The summed E-state index contributed by atoms with van der Waals surface area (Å²) in [5, 5.41) is 0. The predicted octanol–water partition coefficient (Wildman–Crippen LogP) is 3.94. The second-order valence-electron chi connectivity index (χ2n) is 5.61. The molecule has 2 aromatic heterocycles. The highest BCUT2D eigenvalue weighted by Gasteiger charge is 2.35. The lowest BCUT2D eigenvalue weighted by atomic mass is 10.1. The summed E-state index contributed by atoms with van der Waals surface area (Å²) in [6.45, 7) is -0.141. The molecule has 0 atom stereocenters. The Morgan fingerprint density at radius 2 is 2.04 bits per heavy atom. The van der Waals surface area contributed by atoms with Crippen molar-refractivity contribution >= 4 is 5.97 Å². The first-order chi connectivity index (χ1) is 12.8. The maximum atomic E-state index is 13.5. The average Bonchev–Trinajstić information content (AvgIpc) is 3.07. The molecule has 0 N–H and O–H groups in total. The molecule has 1 aromatic carbocycles. The molecule has 0 saturated heterocycles. The number of halogens is 4. The molecule has 0 spiro atoms. The number of carbonyl (C=O) groups excluding carboxylic acids is 1. The van der Waals surface area contributed by atoms with E-state index in [1.165, 1.54) is 23.0 Å². The van der Waals surface area contributed by atoms with Gasteiger partial charge in [0.05, 0.1) is 12.7 Å². The number of esters is 1. The molecule has 0 aliphatic heterocycles. The Kier molecular flexibility index (Phi) is 4.93. The van der Waals surface area contributed by atoms with Crippen molar-refractivity contribution < 1.29 is 27.1 Å². The van der Waals surface area contributed by atoms with Crippen molar-refractivity contribution in [3.63, 3.8) is 0 Å². The Hall–Kier alpha value is -3.23. The van der Waals surface area contributed by atoms with Crippen LogP contribution < -0.4 is 0 Å². The van der Waals surface area contributed by atoms with Crippen molar-refractivity contribution in [3.05, 3.63) is 71.6 Å². The fourth-order valence-electron chi connectivity index (χ4n) is 2.57. The summed E-state index contributed by atoms with van der Waals surface area (Å²) >= 11 is 0. The van der Waals surface area contributed by atoms with Crippen LogP contribution in [0.5, 0.6) is 0 Å². The summed E-state index contributed by atoms with van der Waals surface area (Å²) in [5.41, 5.74) is -0.491. The number of ether oxygens (including phenoxy) is 1. The van der Waals surface area contributed by atoms with E-state index in [9.17, 15) is 22.4 Å². The number of hydrogen-bond donors (Lipinski definition) is 0. The lowest BCUT2D eigenvalue weighted by molar-refractivity contribution is -0.140. The first-order valence-electron chi connectivity index (χ1n) is 7.71. The quantitative estimate of drug-likeness (QED) is 0.509. The van der Waals surface area contributed by atoms with Crippen LogP contribution in [0.15, 0.2) is 48.9 Å². The van der Waals surface area contributed by atoms with Crippen molar-refractivity contribution in [2.45, 2.75) is 12.7 Å².